The molecule has 1 N–H and O–H groups in total. The maximum atomic E-state index is 11.9. The highest BCUT2D eigenvalue weighted by Crippen LogP contribution is 2.36. The number of hydrogen-bond donors (Lipinski definition) is 1. The molecule has 0 bridgehead atoms. The maximum absolute atomic E-state index is 11.9. The number of imide groups is 1. The van der Waals surface area contributed by atoms with Crippen molar-refractivity contribution in [2.24, 2.45) is 17.8 Å². The summed E-state index contributed by atoms with van der Waals surface area (Å²) in [6, 6.07) is 0. The van der Waals surface area contributed by atoms with E-state index in [1.54, 1.807) is 0 Å². The number of nitrogens with one attached hydrogen (secondary N) is 1. The molecule has 3 atom stereocenters. The fraction of sp³-hybridized carbons (Fsp3) is 0.750. The minimum atomic E-state index is -0.249. The molecule has 1 aliphatic carbocycles. The van der Waals surface area contributed by atoms with Crippen LogP contribution in [0.1, 0.15) is 97.8 Å². The lowest BCUT2D eigenvalue weighted by Crippen LogP contribution is -2.33. The molecule has 1 rings (SSSR count). The van der Waals surface area contributed by atoms with E-state index in [0.717, 1.165) is 31.1 Å². The maximum Gasteiger partial charge on any atom is 0.229 e. The van der Waals surface area contributed by atoms with Gasteiger partial charge in [-0.25, -0.2) is 0 Å². The largest absolute Gasteiger partial charge is 0.296 e. The zero-order chi connectivity index (χ0) is 19.9. The summed E-state index contributed by atoms with van der Waals surface area (Å²) < 4.78 is 0. The van der Waals surface area contributed by atoms with E-state index in [9.17, 15) is 9.59 Å². The predicted octanol–water partition coefficient (Wildman–Crippen LogP) is 6.34. The van der Waals surface area contributed by atoms with Crippen molar-refractivity contribution in [3.63, 3.8) is 0 Å². The van der Waals surface area contributed by atoms with Gasteiger partial charge in [0.1, 0.15) is 0 Å². The summed E-state index contributed by atoms with van der Waals surface area (Å²) in [6.45, 7) is 5.51. The van der Waals surface area contributed by atoms with Gasteiger partial charge in [0.25, 0.3) is 0 Å². The Morgan fingerprint density at radius 2 is 1.85 bits per heavy atom. The number of hydrogen-bond acceptors (Lipinski definition) is 2. The van der Waals surface area contributed by atoms with Gasteiger partial charge in [-0.3, -0.25) is 14.9 Å². The third-order valence-corrected chi connectivity index (χ3v) is 5.87. The summed E-state index contributed by atoms with van der Waals surface area (Å²) in [7, 11) is 0. The summed E-state index contributed by atoms with van der Waals surface area (Å²) in [5, 5.41) is 2.43. The van der Waals surface area contributed by atoms with Crippen LogP contribution in [-0.2, 0) is 9.59 Å². The Hall–Kier alpha value is -1.38. The van der Waals surface area contributed by atoms with E-state index >= 15 is 0 Å². The molecule has 3 nitrogen and oxygen atoms in total. The first-order valence-electron chi connectivity index (χ1n) is 11.2. The second kappa shape index (κ2) is 14.6. The summed E-state index contributed by atoms with van der Waals surface area (Å²) in [4.78, 5) is 23.0. The highest BCUT2D eigenvalue weighted by atomic mass is 16.2. The van der Waals surface area contributed by atoms with Crippen molar-refractivity contribution in [3.8, 4) is 0 Å². The molecule has 154 valence electrons. The molecule has 0 aliphatic heterocycles. The lowest BCUT2D eigenvalue weighted by molar-refractivity contribution is -0.132. The van der Waals surface area contributed by atoms with Crippen LogP contribution in [0.2, 0.25) is 0 Å². The quantitative estimate of drug-likeness (QED) is 0.301. The number of allylic oxidation sites excluding steroid dienone is 4. The van der Waals surface area contributed by atoms with Crippen LogP contribution in [0.25, 0.3) is 0 Å². The van der Waals surface area contributed by atoms with Crippen LogP contribution in [-0.4, -0.2) is 11.8 Å². The third kappa shape index (κ3) is 10.5. The van der Waals surface area contributed by atoms with Crippen molar-refractivity contribution in [2.45, 2.75) is 97.8 Å². The Labute approximate surface area is 167 Å². The first-order chi connectivity index (χ1) is 13.1. The molecule has 1 aliphatic rings. The van der Waals surface area contributed by atoms with Crippen molar-refractivity contribution >= 4 is 11.8 Å². The lowest BCUT2D eigenvalue weighted by Gasteiger charge is -2.17. The Bertz CT molecular complexity index is 481. The molecular formula is C24H41NO2. The van der Waals surface area contributed by atoms with Crippen LogP contribution in [0.5, 0.6) is 0 Å². The monoisotopic (exact) mass is 375 g/mol. The summed E-state index contributed by atoms with van der Waals surface area (Å²) in [5.41, 5.74) is 0. The normalized spacial score (nSPS) is 21.1. The van der Waals surface area contributed by atoms with Gasteiger partial charge in [-0.1, -0.05) is 56.9 Å². The zero-order valence-corrected chi connectivity index (χ0v) is 17.8. The van der Waals surface area contributed by atoms with Crippen molar-refractivity contribution in [1.29, 1.82) is 0 Å². The first kappa shape index (κ1) is 23.7. The van der Waals surface area contributed by atoms with Crippen LogP contribution < -0.4 is 5.32 Å². The molecule has 0 heterocycles. The van der Waals surface area contributed by atoms with E-state index in [4.69, 9.17) is 0 Å². The summed E-state index contributed by atoms with van der Waals surface area (Å²) >= 11 is 0. The second-order valence-electron chi connectivity index (χ2n) is 8.07. The average Bonchev–Trinajstić information content (AvgIpc) is 3.07. The SMILES string of the molecule is CC=CCCCC=C[C@H]1CCC[C@@H]1CCCCCC(CC)C(=O)NC(C)=O. The van der Waals surface area contributed by atoms with Gasteiger partial charge in [-0.15, -0.1) is 0 Å². The van der Waals surface area contributed by atoms with E-state index in [2.05, 4.69) is 36.5 Å². The van der Waals surface area contributed by atoms with Crippen LogP contribution in [0.4, 0.5) is 0 Å². The van der Waals surface area contributed by atoms with E-state index in [1.807, 2.05) is 6.92 Å². The number of unbranched alkanes of at least 4 members (excludes halogenated alkanes) is 4. The van der Waals surface area contributed by atoms with E-state index in [1.165, 1.54) is 64.7 Å². The van der Waals surface area contributed by atoms with E-state index < -0.39 is 0 Å². The van der Waals surface area contributed by atoms with Gasteiger partial charge in [0.05, 0.1) is 0 Å². The van der Waals surface area contributed by atoms with Crippen LogP contribution in [0.15, 0.2) is 24.3 Å². The summed E-state index contributed by atoms with van der Waals surface area (Å²) in [6.07, 6.45) is 23.6. The van der Waals surface area contributed by atoms with E-state index in [0.29, 0.717) is 0 Å². The molecule has 1 saturated carbocycles. The molecule has 0 aromatic carbocycles. The Kier molecular flexibility index (Phi) is 12.8. The van der Waals surface area contributed by atoms with Gasteiger partial charge < -0.3 is 0 Å². The van der Waals surface area contributed by atoms with Crippen molar-refractivity contribution in [3.05, 3.63) is 24.3 Å². The molecular weight excluding hydrogens is 334 g/mol. The topological polar surface area (TPSA) is 46.2 Å². The standard InChI is InChI=1S/C24H41NO2/c1-4-6-7-8-9-11-16-22-18-14-19-23(22)17-13-10-12-15-21(5-2)24(27)25-20(3)26/h4,6,11,16,21-23H,5,7-10,12-15,17-19H2,1-3H3,(H,25,26,27)/t21?,22-,23-/m0/s1. The van der Waals surface area contributed by atoms with Gasteiger partial charge in [0.2, 0.25) is 11.8 Å². The molecule has 0 spiro atoms. The van der Waals surface area contributed by atoms with Crippen LogP contribution in [0, 0.1) is 17.8 Å². The van der Waals surface area contributed by atoms with Gasteiger partial charge >= 0.3 is 0 Å². The lowest BCUT2D eigenvalue weighted by atomic mass is 9.89. The molecule has 0 saturated heterocycles. The molecule has 0 aromatic heterocycles. The highest BCUT2D eigenvalue weighted by molar-refractivity contribution is 5.95. The first-order valence-corrected chi connectivity index (χ1v) is 11.2. The molecule has 2 amide bonds. The zero-order valence-electron chi connectivity index (χ0n) is 17.8. The van der Waals surface area contributed by atoms with Crippen molar-refractivity contribution in [2.75, 3.05) is 0 Å². The Morgan fingerprint density at radius 1 is 1.07 bits per heavy atom. The smallest absolute Gasteiger partial charge is 0.229 e. The van der Waals surface area contributed by atoms with Crippen molar-refractivity contribution < 1.29 is 9.59 Å². The van der Waals surface area contributed by atoms with E-state index in [-0.39, 0.29) is 17.7 Å². The average molecular weight is 376 g/mol. The molecule has 3 heteroatoms. The fourth-order valence-corrected chi connectivity index (χ4v) is 4.24. The minimum Gasteiger partial charge on any atom is -0.296 e. The van der Waals surface area contributed by atoms with Gasteiger partial charge in [-0.2, -0.15) is 0 Å². The van der Waals surface area contributed by atoms with Crippen LogP contribution in [0.3, 0.4) is 0 Å². The Balaban J connectivity index is 2.19. The number of carbonyl (C=O) groups is 2. The van der Waals surface area contributed by atoms with Gasteiger partial charge in [-0.05, 0) is 70.1 Å². The fourth-order valence-electron chi connectivity index (χ4n) is 4.24. The highest BCUT2D eigenvalue weighted by Gasteiger charge is 2.24. The number of amides is 2. The third-order valence-electron chi connectivity index (χ3n) is 5.87. The number of carbonyl (C=O) groups excluding carboxylic acids is 2. The molecule has 0 radical (unpaired) electrons. The number of rotatable bonds is 13. The van der Waals surface area contributed by atoms with Crippen molar-refractivity contribution in [1.82, 2.24) is 5.32 Å². The van der Waals surface area contributed by atoms with Gasteiger partial charge in [0.15, 0.2) is 0 Å². The molecule has 1 fully saturated rings. The summed E-state index contributed by atoms with van der Waals surface area (Å²) in [5.74, 6) is 1.29. The second-order valence-corrected chi connectivity index (χ2v) is 8.07. The molecule has 27 heavy (non-hydrogen) atoms. The van der Waals surface area contributed by atoms with Gasteiger partial charge in [0, 0.05) is 12.8 Å². The molecule has 0 aromatic rings. The predicted molar refractivity (Wildman–Crippen MR) is 114 cm³/mol. The van der Waals surface area contributed by atoms with Crippen LogP contribution >= 0.6 is 0 Å². The Morgan fingerprint density at radius 3 is 2.56 bits per heavy atom. The minimum absolute atomic E-state index is 0.0152. The molecule has 1 unspecified atom stereocenters.